The minimum Gasteiger partial charge on any atom is -0.431 e. The second-order valence-electron chi connectivity index (χ2n) is 14.6. The Kier molecular flexibility index (Phi) is 10.6. The number of cyclic esters (lactones) is 2. The van der Waals surface area contributed by atoms with Gasteiger partial charge in [0.2, 0.25) is 0 Å². The second-order valence-corrected chi connectivity index (χ2v) is 23.1. The standard InChI is InChI=1S/C40H50O5Si2/c1-8-31-29-36(45-47(40(5,6)7,34-25-17-11-18-26-34)35-27-19-12-20-28-35)37(44-38(41)43-31)30-42-46(39(2,3)4,32-21-13-9-14-22-32)33-23-15-10-16-24-33/h9-28,31,36-37H,8,29-30H2,1-7H3/t31-,36-,37?/m1/s1. The zero-order valence-electron chi connectivity index (χ0n) is 28.9. The van der Waals surface area contributed by atoms with Crippen molar-refractivity contribution in [2.75, 3.05) is 6.61 Å². The highest BCUT2D eigenvalue weighted by Gasteiger charge is 2.55. The Morgan fingerprint density at radius 3 is 1.36 bits per heavy atom. The first-order chi connectivity index (χ1) is 22.4. The van der Waals surface area contributed by atoms with Crippen LogP contribution in [-0.4, -0.2) is 47.7 Å². The molecule has 47 heavy (non-hydrogen) atoms. The molecule has 1 fully saturated rings. The Balaban J connectivity index is 1.64. The lowest BCUT2D eigenvalue weighted by molar-refractivity contribution is -0.0198. The van der Waals surface area contributed by atoms with E-state index in [9.17, 15) is 4.79 Å². The van der Waals surface area contributed by atoms with Crippen LogP contribution in [0.15, 0.2) is 121 Å². The summed E-state index contributed by atoms with van der Waals surface area (Å²) in [5.74, 6) is 0. The number of carbonyl (C=O) groups excluding carboxylic acids is 1. The molecule has 1 aliphatic rings. The molecular weight excluding hydrogens is 617 g/mol. The Labute approximate surface area is 283 Å². The smallest absolute Gasteiger partial charge is 0.431 e. The fourth-order valence-electron chi connectivity index (χ4n) is 7.22. The molecule has 248 valence electrons. The average molecular weight is 667 g/mol. The Morgan fingerprint density at radius 2 is 1.00 bits per heavy atom. The van der Waals surface area contributed by atoms with Gasteiger partial charge >= 0.3 is 6.16 Å². The predicted molar refractivity (Wildman–Crippen MR) is 196 cm³/mol. The molecule has 4 aromatic rings. The maximum atomic E-state index is 13.2. The fourth-order valence-corrected chi connectivity index (χ4v) is 16.5. The van der Waals surface area contributed by atoms with Gasteiger partial charge in [0.05, 0.1) is 12.7 Å². The van der Waals surface area contributed by atoms with E-state index in [0.29, 0.717) is 12.8 Å². The van der Waals surface area contributed by atoms with Crippen molar-refractivity contribution in [2.45, 2.75) is 89.7 Å². The van der Waals surface area contributed by atoms with E-state index in [2.05, 4.69) is 139 Å². The predicted octanol–water partition coefficient (Wildman–Crippen LogP) is 7.21. The monoisotopic (exact) mass is 666 g/mol. The first-order valence-corrected chi connectivity index (χ1v) is 20.6. The minimum absolute atomic E-state index is 0.182. The number of carbonyl (C=O) groups is 1. The molecule has 0 radical (unpaired) electrons. The third kappa shape index (κ3) is 7.04. The van der Waals surface area contributed by atoms with Crippen molar-refractivity contribution in [2.24, 2.45) is 0 Å². The number of benzene rings is 4. The van der Waals surface area contributed by atoms with Gasteiger partial charge in [0.25, 0.3) is 16.6 Å². The van der Waals surface area contributed by atoms with E-state index in [1.165, 1.54) is 20.7 Å². The maximum Gasteiger partial charge on any atom is 0.508 e. The van der Waals surface area contributed by atoms with Crippen LogP contribution in [0.2, 0.25) is 10.1 Å². The van der Waals surface area contributed by atoms with E-state index < -0.39 is 35.0 Å². The lowest BCUT2D eigenvalue weighted by atomic mass is 10.1. The van der Waals surface area contributed by atoms with Crippen LogP contribution in [0.5, 0.6) is 0 Å². The van der Waals surface area contributed by atoms with Crippen molar-refractivity contribution in [3.05, 3.63) is 121 Å². The molecule has 4 aromatic carbocycles. The summed E-state index contributed by atoms with van der Waals surface area (Å²) < 4.78 is 27.1. The Hall–Kier alpha value is -3.50. The fraction of sp³-hybridized carbons (Fsp3) is 0.375. The largest absolute Gasteiger partial charge is 0.508 e. The molecule has 1 aliphatic heterocycles. The first-order valence-electron chi connectivity index (χ1n) is 16.8. The highest BCUT2D eigenvalue weighted by Crippen LogP contribution is 2.40. The Bertz CT molecular complexity index is 1490. The zero-order valence-corrected chi connectivity index (χ0v) is 30.9. The molecular formula is C40H50O5Si2. The van der Waals surface area contributed by atoms with E-state index in [-0.39, 0.29) is 22.8 Å². The van der Waals surface area contributed by atoms with Crippen LogP contribution >= 0.6 is 0 Å². The zero-order chi connectivity index (χ0) is 33.7. The first kappa shape index (κ1) is 34.8. The van der Waals surface area contributed by atoms with E-state index in [1.807, 2.05) is 31.2 Å². The minimum atomic E-state index is -3.00. The summed E-state index contributed by atoms with van der Waals surface area (Å²) in [7, 11) is -5.92. The third-order valence-corrected chi connectivity index (χ3v) is 19.6. The highest BCUT2D eigenvalue weighted by molar-refractivity contribution is 7.00. The summed E-state index contributed by atoms with van der Waals surface area (Å²) in [6.07, 6.45) is -0.956. The van der Waals surface area contributed by atoms with E-state index >= 15 is 0 Å². The molecule has 7 heteroatoms. The quantitative estimate of drug-likeness (QED) is 0.132. The molecule has 1 saturated heterocycles. The lowest BCUT2D eigenvalue weighted by Crippen LogP contribution is -2.69. The molecule has 5 nitrogen and oxygen atoms in total. The number of ether oxygens (including phenoxy) is 2. The van der Waals surface area contributed by atoms with Crippen molar-refractivity contribution in [3.63, 3.8) is 0 Å². The molecule has 1 heterocycles. The van der Waals surface area contributed by atoms with Crippen LogP contribution < -0.4 is 20.7 Å². The molecule has 5 rings (SSSR count). The third-order valence-electron chi connectivity index (χ3n) is 9.50. The maximum absolute atomic E-state index is 13.2. The van der Waals surface area contributed by atoms with Gasteiger partial charge in [0.1, 0.15) is 6.10 Å². The Morgan fingerprint density at radius 1 is 0.617 bits per heavy atom. The summed E-state index contributed by atoms with van der Waals surface area (Å²) >= 11 is 0. The van der Waals surface area contributed by atoms with Crippen LogP contribution in [0.25, 0.3) is 0 Å². The molecule has 0 spiro atoms. The van der Waals surface area contributed by atoms with Crippen molar-refractivity contribution in [1.29, 1.82) is 0 Å². The topological polar surface area (TPSA) is 54.0 Å². The van der Waals surface area contributed by atoms with Crippen LogP contribution in [0, 0.1) is 0 Å². The number of hydrogen-bond donors (Lipinski definition) is 0. The summed E-state index contributed by atoms with van der Waals surface area (Å²) in [6, 6.07) is 42.3. The van der Waals surface area contributed by atoms with E-state index in [1.54, 1.807) is 0 Å². The van der Waals surface area contributed by atoms with Crippen LogP contribution in [0.3, 0.4) is 0 Å². The van der Waals surface area contributed by atoms with Gasteiger partial charge in [-0.15, -0.1) is 0 Å². The van der Waals surface area contributed by atoms with Crippen molar-refractivity contribution in [3.8, 4) is 0 Å². The average Bonchev–Trinajstić information content (AvgIpc) is 3.21. The van der Waals surface area contributed by atoms with Gasteiger partial charge in [0.15, 0.2) is 6.10 Å². The molecule has 0 amide bonds. The molecule has 0 aromatic heterocycles. The van der Waals surface area contributed by atoms with Gasteiger partial charge in [-0.3, -0.25) is 0 Å². The van der Waals surface area contributed by atoms with Gasteiger partial charge in [-0.05, 0) is 37.2 Å². The van der Waals surface area contributed by atoms with Crippen LogP contribution in [0.1, 0.15) is 61.3 Å². The van der Waals surface area contributed by atoms with Gasteiger partial charge in [-0.25, -0.2) is 4.79 Å². The molecule has 0 bridgehead atoms. The molecule has 0 aliphatic carbocycles. The second kappa shape index (κ2) is 14.3. The van der Waals surface area contributed by atoms with Gasteiger partial charge in [0, 0.05) is 6.42 Å². The van der Waals surface area contributed by atoms with E-state index in [0.717, 1.165) is 0 Å². The summed E-state index contributed by atoms with van der Waals surface area (Å²) in [5.41, 5.74) is 0. The van der Waals surface area contributed by atoms with Crippen LogP contribution in [0.4, 0.5) is 4.79 Å². The van der Waals surface area contributed by atoms with Crippen molar-refractivity contribution in [1.82, 2.24) is 0 Å². The lowest BCUT2D eigenvalue weighted by Gasteiger charge is -2.47. The molecule has 3 atom stereocenters. The normalized spacial score (nSPS) is 19.4. The van der Waals surface area contributed by atoms with Crippen molar-refractivity contribution < 1.29 is 23.1 Å². The summed E-state index contributed by atoms with van der Waals surface area (Å²) in [5, 5.41) is 4.21. The highest BCUT2D eigenvalue weighted by atomic mass is 28.4. The SMILES string of the molecule is CC[C@@H]1C[C@@H](O[Si](c2ccccc2)(c2ccccc2)C(C)(C)C)C(CO[Si](c2ccccc2)(c2ccccc2)C(C)(C)C)OC(=O)O1. The van der Waals surface area contributed by atoms with E-state index in [4.69, 9.17) is 18.3 Å². The summed E-state index contributed by atoms with van der Waals surface area (Å²) in [4.78, 5) is 13.2. The summed E-state index contributed by atoms with van der Waals surface area (Å²) in [6.45, 7) is 15.8. The number of rotatable bonds is 10. The molecule has 0 N–H and O–H groups in total. The number of hydrogen-bond acceptors (Lipinski definition) is 5. The van der Waals surface area contributed by atoms with Crippen molar-refractivity contribution >= 4 is 43.5 Å². The van der Waals surface area contributed by atoms with Gasteiger partial charge in [-0.1, -0.05) is 170 Å². The molecule has 1 unspecified atom stereocenters. The van der Waals surface area contributed by atoms with Crippen LogP contribution in [-0.2, 0) is 18.3 Å². The van der Waals surface area contributed by atoms with Gasteiger partial charge < -0.3 is 18.3 Å². The van der Waals surface area contributed by atoms with Gasteiger partial charge in [-0.2, -0.15) is 0 Å². The molecule has 0 saturated carbocycles.